The van der Waals surface area contributed by atoms with E-state index < -0.39 is 0 Å². The molecule has 3 rings (SSSR count). The molecule has 1 saturated heterocycles. The normalized spacial score (nSPS) is 17.2. The van der Waals surface area contributed by atoms with Crippen molar-refractivity contribution >= 4 is 5.69 Å². The molecule has 2 N–H and O–H groups in total. The molecule has 20 heavy (non-hydrogen) atoms. The summed E-state index contributed by atoms with van der Waals surface area (Å²) in [6.45, 7) is 3.54. The average molecular weight is 270 g/mol. The Balaban J connectivity index is 1.53. The van der Waals surface area contributed by atoms with Gasteiger partial charge in [0.1, 0.15) is 0 Å². The van der Waals surface area contributed by atoms with Gasteiger partial charge in [0.25, 0.3) is 0 Å². The van der Waals surface area contributed by atoms with E-state index in [9.17, 15) is 0 Å². The van der Waals surface area contributed by atoms with Crippen molar-refractivity contribution in [2.24, 2.45) is 5.92 Å². The Morgan fingerprint density at radius 3 is 2.65 bits per heavy atom. The third-order valence-electron chi connectivity index (χ3n) is 4.13. The van der Waals surface area contributed by atoms with Crippen LogP contribution < -0.4 is 5.32 Å². The fourth-order valence-corrected chi connectivity index (χ4v) is 2.71. The second kappa shape index (κ2) is 6.09. The van der Waals surface area contributed by atoms with Crippen molar-refractivity contribution in [2.75, 3.05) is 32.0 Å². The SMILES string of the molecule is CN1CCC(CNc2ccc(-c3cnc[nH]3)cc2)CC1. The number of aromatic nitrogens is 2. The third-order valence-corrected chi connectivity index (χ3v) is 4.13. The van der Waals surface area contributed by atoms with Crippen LogP contribution in [0.5, 0.6) is 0 Å². The maximum atomic E-state index is 4.05. The zero-order valence-electron chi connectivity index (χ0n) is 12.0. The Labute approximate surface area is 120 Å². The third kappa shape index (κ3) is 3.20. The molecule has 0 atom stereocenters. The minimum Gasteiger partial charge on any atom is -0.385 e. The van der Waals surface area contributed by atoms with Crippen LogP contribution in [-0.4, -0.2) is 41.5 Å². The summed E-state index contributed by atoms with van der Waals surface area (Å²) < 4.78 is 0. The van der Waals surface area contributed by atoms with Crippen molar-refractivity contribution in [1.29, 1.82) is 0 Å². The number of hydrogen-bond acceptors (Lipinski definition) is 3. The highest BCUT2D eigenvalue weighted by Crippen LogP contribution is 2.20. The number of benzene rings is 1. The van der Waals surface area contributed by atoms with E-state index in [0.717, 1.165) is 18.2 Å². The molecular weight excluding hydrogens is 248 g/mol. The van der Waals surface area contributed by atoms with E-state index in [1.165, 1.54) is 37.2 Å². The van der Waals surface area contributed by atoms with Crippen LogP contribution in [0.15, 0.2) is 36.8 Å². The van der Waals surface area contributed by atoms with Crippen molar-refractivity contribution in [3.8, 4) is 11.3 Å². The van der Waals surface area contributed by atoms with Crippen LogP contribution in [-0.2, 0) is 0 Å². The van der Waals surface area contributed by atoms with Gasteiger partial charge in [-0.15, -0.1) is 0 Å². The van der Waals surface area contributed by atoms with Crippen LogP contribution in [0.2, 0.25) is 0 Å². The standard InChI is InChI=1S/C16H22N4/c1-20-8-6-13(7-9-20)10-18-15-4-2-14(3-5-15)16-11-17-12-19-16/h2-5,11-13,18H,6-10H2,1H3,(H,17,19). The molecule has 2 aromatic rings. The summed E-state index contributed by atoms with van der Waals surface area (Å²) in [6.07, 6.45) is 6.16. The number of aromatic amines is 1. The lowest BCUT2D eigenvalue weighted by molar-refractivity contribution is 0.226. The van der Waals surface area contributed by atoms with Crippen molar-refractivity contribution in [3.63, 3.8) is 0 Å². The lowest BCUT2D eigenvalue weighted by Gasteiger charge is -2.29. The van der Waals surface area contributed by atoms with Crippen LogP contribution in [0.25, 0.3) is 11.3 Å². The molecule has 106 valence electrons. The fourth-order valence-electron chi connectivity index (χ4n) is 2.71. The molecule has 0 spiro atoms. The first kappa shape index (κ1) is 13.2. The van der Waals surface area contributed by atoms with Gasteiger partial charge in [-0.1, -0.05) is 12.1 Å². The Hall–Kier alpha value is -1.81. The second-order valence-corrected chi connectivity index (χ2v) is 5.67. The van der Waals surface area contributed by atoms with Gasteiger partial charge in [-0.3, -0.25) is 0 Å². The average Bonchev–Trinajstić information content (AvgIpc) is 3.01. The Morgan fingerprint density at radius 1 is 1.25 bits per heavy atom. The summed E-state index contributed by atoms with van der Waals surface area (Å²) in [5, 5.41) is 3.56. The first-order valence-electron chi connectivity index (χ1n) is 7.32. The summed E-state index contributed by atoms with van der Waals surface area (Å²) in [5.74, 6) is 0.804. The van der Waals surface area contributed by atoms with Gasteiger partial charge < -0.3 is 15.2 Å². The van der Waals surface area contributed by atoms with Gasteiger partial charge in [0.15, 0.2) is 0 Å². The summed E-state index contributed by atoms with van der Waals surface area (Å²) in [4.78, 5) is 9.59. The molecule has 0 aliphatic carbocycles. The van der Waals surface area contributed by atoms with E-state index in [1.54, 1.807) is 6.33 Å². The maximum Gasteiger partial charge on any atom is 0.0924 e. The Morgan fingerprint density at radius 2 is 2.00 bits per heavy atom. The van der Waals surface area contributed by atoms with Crippen LogP contribution in [0.3, 0.4) is 0 Å². The van der Waals surface area contributed by atoms with Gasteiger partial charge in [0.2, 0.25) is 0 Å². The molecule has 0 saturated carbocycles. The van der Waals surface area contributed by atoms with E-state index >= 15 is 0 Å². The zero-order valence-corrected chi connectivity index (χ0v) is 12.0. The first-order valence-corrected chi connectivity index (χ1v) is 7.32. The van der Waals surface area contributed by atoms with E-state index in [2.05, 4.69) is 51.5 Å². The van der Waals surface area contributed by atoms with E-state index in [0.29, 0.717) is 0 Å². The molecule has 1 aliphatic heterocycles. The lowest BCUT2D eigenvalue weighted by Crippen LogP contribution is -2.32. The minimum atomic E-state index is 0.804. The second-order valence-electron chi connectivity index (χ2n) is 5.67. The topological polar surface area (TPSA) is 44.0 Å². The van der Waals surface area contributed by atoms with Crippen LogP contribution >= 0.6 is 0 Å². The van der Waals surface area contributed by atoms with Gasteiger partial charge in [-0.25, -0.2) is 4.98 Å². The highest BCUT2D eigenvalue weighted by Gasteiger charge is 2.16. The monoisotopic (exact) mass is 270 g/mol. The molecule has 0 amide bonds. The Bertz CT molecular complexity index is 510. The summed E-state index contributed by atoms with van der Waals surface area (Å²) >= 11 is 0. The maximum absolute atomic E-state index is 4.05. The van der Waals surface area contributed by atoms with Gasteiger partial charge in [0, 0.05) is 12.2 Å². The molecule has 1 fully saturated rings. The number of H-pyrrole nitrogens is 1. The first-order chi connectivity index (χ1) is 9.81. The molecule has 2 heterocycles. The quantitative estimate of drug-likeness (QED) is 0.898. The number of piperidine rings is 1. The van der Waals surface area contributed by atoms with Crippen LogP contribution in [0.4, 0.5) is 5.69 Å². The fraction of sp³-hybridized carbons (Fsp3) is 0.438. The lowest BCUT2D eigenvalue weighted by atomic mass is 9.97. The summed E-state index contributed by atoms with van der Waals surface area (Å²) in [6, 6.07) is 8.55. The molecule has 0 radical (unpaired) electrons. The minimum absolute atomic E-state index is 0.804. The molecule has 0 bridgehead atoms. The van der Waals surface area contributed by atoms with Crippen molar-refractivity contribution in [3.05, 3.63) is 36.8 Å². The smallest absolute Gasteiger partial charge is 0.0924 e. The highest BCUT2D eigenvalue weighted by atomic mass is 15.1. The summed E-state index contributed by atoms with van der Waals surface area (Å²) in [7, 11) is 2.21. The molecular formula is C16H22N4. The van der Waals surface area contributed by atoms with Crippen molar-refractivity contribution < 1.29 is 0 Å². The van der Waals surface area contributed by atoms with Crippen molar-refractivity contribution in [2.45, 2.75) is 12.8 Å². The predicted octanol–water partition coefficient (Wildman–Crippen LogP) is 2.83. The number of likely N-dealkylation sites (tertiary alicyclic amines) is 1. The summed E-state index contributed by atoms with van der Waals surface area (Å²) in [5.41, 5.74) is 3.44. The molecule has 1 aromatic carbocycles. The molecule has 0 unspecified atom stereocenters. The number of hydrogen-bond donors (Lipinski definition) is 2. The number of nitrogens with zero attached hydrogens (tertiary/aromatic N) is 2. The molecule has 1 aromatic heterocycles. The van der Waals surface area contributed by atoms with Crippen molar-refractivity contribution in [1.82, 2.24) is 14.9 Å². The molecule has 4 heteroatoms. The van der Waals surface area contributed by atoms with Gasteiger partial charge in [0.05, 0.1) is 18.2 Å². The number of rotatable bonds is 4. The van der Waals surface area contributed by atoms with E-state index in [1.807, 2.05) is 6.20 Å². The Kier molecular flexibility index (Phi) is 4.02. The highest BCUT2D eigenvalue weighted by molar-refractivity contribution is 5.61. The van der Waals surface area contributed by atoms with Gasteiger partial charge in [-0.05, 0) is 56.6 Å². The largest absolute Gasteiger partial charge is 0.385 e. The van der Waals surface area contributed by atoms with E-state index in [-0.39, 0.29) is 0 Å². The zero-order chi connectivity index (χ0) is 13.8. The van der Waals surface area contributed by atoms with Gasteiger partial charge in [-0.2, -0.15) is 0 Å². The molecule has 1 aliphatic rings. The van der Waals surface area contributed by atoms with Crippen LogP contribution in [0.1, 0.15) is 12.8 Å². The number of imidazole rings is 1. The van der Waals surface area contributed by atoms with E-state index in [4.69, 9.17) is 0 Å². The number of anilines is 1. The van der Waals surface area contributed by atoms with Crippen LogP contribution in [0, 0.1) is 5.92 Å². The molecule has 4 nitrogen and oxygen atoms in total. The van der Waals surface area contributed by atoms with Gasteiger partial charge >= 0.3 is 0 Å². The predicted molar refractivity (Wildman–Crippen MR) is 82.7 cm³/mol. The number of nitrogens with one attached hydrogen (secondary N) is 2.